The van der Waals surface area contributed by atoms with Crippen LogP contribution in [-0.4, -0.2) is 35.5 Å². The summed E-state index contributed by atoms with van der Waals surface area (Å²) in [5.41, 5.74) is 7.26. The van der Waals surface area contributed by atoms with Gasteiger partial charge in [0.2, 0.25) is 0 Å². The molecule has 1 atom stereocenters. The Morgan fingerprint density at radius 3 is 2.53 bits per heavy atom. The third kappa shape index (κ3) is 4.54. The average Bonchev–Trinajstić information content (AvgIpc) is 2.41. The lowest BCUT2D eigenvalue weighted by atomic mass is 9.89. The number of hydrogen-bond acceptors (Lipinski definition) is 2. The molecule has 1 heterocycles. The number of nitrogens with zero attached hydrogens (tertiary/aromatic N) is 3. The zero-order valence-corrected chi connectivity index (χ0v) is 12.5. The van der Waals surface area contributed by atoms with E-state index in [0.29, 0.717) is 24.3 Å². The normalized spacial score (nSPS) is 13.6. The van der Waals surface area contributed by atoms with Crippen molar-refractivity contribution in [3.8, 4) is 0 Å². The van der Waals surface area contributed by atoms with Gasteiger partial charge in [0.05, 0.1) is 0 Å². The summed E-state index contributed by atoms with van der Waals surface area (Å²) in [5, 5.41) is 0. The van der Waals surface area contributed by atoms with Crippen molar-refractivity contribution in [1.29, 1.82) is 0 Å². The minimum absolute atomic E-state index is 0.364. The summed E-state index contributed by atoms with van der Waals surface area (Å²) < 4.78 is 0. The Kier molecular flexibility index (Phi) is 6.33. The van der Waals surface area contributed by atoms with Gasteiger partial charge in [0, 0.05) is 37.9 Å². The average molecular weight is 262 g/mol. The highest BCUT2D eigenvalue weighted by atomic mass is 15.2. The first-order valence-electron chi connectivity index (χ1n) is 7.04. The summed E-state index contributed by atoms with van der Waals surface area (Å²) in [6.45, 7) is 11.1. The van der Waals surface area contributed by atoms with Gasteiger partial charge in [0.25, 0.3) is 0 Å². The largest absolute Gasteiger partial charge is 0.370 e. The van der Waals surface area contributed by atoms with Crippen molar-refractivity contribution in [1.82, 2.24) is 9.88 Å². The molecule has 0 aromatic carbocycles. The van der Waals surface area contributed by atoms with Crippen LogP contribution in [0.3, 0.4) is 0 Å². The minimum atomic E-state index is 0.364. The molecule has 19 heavy (non-hydrogen) atoms. The van der Waals surface area contributed by atoms with Crippen molar-refractivity contribution in [3.63, 3.8) is 0 Å². The third-order valence-corrected chi connectivity index (χ3v) is 3.45. The molecule has 4 nitrogen and oxygen atoms in total. The van der Waals surface area contributed by atoms with Gasteiger partial charge in [-0.2, -0.15) is 0 Å². The molecule has 0 bridgehead atoms. The fourth-order valence-electron chi connectivity index (χ4n) is 2.14. The molecule has 0 aliphatic heterocycles. The highest BCUT2D eigenvalue weighted by molar-refractivity contribution is 5.78. The van der Waals surface area contributed by atoms with Gasteiger partial charge in [0.15, 0.2) is 5.96 Å². The van der Waals surface area contributed by atoms with E-state index in [2.05, 4.69) is 48.6 Å². The van der Waals surface area contributed by atoms with Crippen molar-refractivity contribution < 1.29 is 0 Å². The fourth-order valence-corrected chi connectivity index (χ4v) is 2.14. The van der Waals surface area contributed by atoms with Crippen molar-refractivity contribution in [2.75, 3.05) is 19.6 Å². The van der Waals surface area contributed by atoms with E-state index >= 15 is 0 Å². The molecular formula is C15H26N4. The van der Waals surface area contributed by atoms with Gasteiger partial charge in [-0.1, -0.05) is 19.9 Å². The highest BCUT2D eigenvalue weighted by Crippen LogP contribution is 2.23. The van der Waals surface area contributed by atoms with Crippen LogP contribution in [0.5, 0.6) is 0 Å². The van der Waals surface area contributed by atoms with E-state index in [1.807, 2.05) is 12.3 Å². The predicted molar refractivity (Wildman–Crippen MR) is 81.2 cm³/mol. The zero-order valence-electron chi connectivity index (χ0n) is 12.5. The van der Waals surface area contributed by atoms with Crippen LogP contribution >= 0.6 is 0 Å². The summed E-state index contributed by atoms with van der Waals surface area (Å²) in [7, 11) is 0. The molecule has 1 unspecified atom stereocenters. The first kappa shape index (κ1) is 15.5. The molecule has 1 aromatic rings. The standard InChI is InChI=1S/C15H26N4/c1-5-19(6-2)15(16)18-11-14(12(3)4)13-8-7-9-17-10-13/h7-10,12,14H,5-6,11H2,1-4H3,(H2,16,18). The molecule has 0 radical (unpaired) electrons. The molecule has 2 N–H and O–H groups in total. The lowest BCUT2D eigenvalue weighted by Gasteiger charge is -2.22. The van der Waals surface area contributed by atoms with Gasteiger partial charge in [-0.3, -0.25) is 9.98 Å². The Balaban J connectivity index is 2.78. The topological polar surface area (TPSA) is 54.5 Å². The van der Waals surface area contributed by atoms with Gasteiger partial charge in [-0.05, 0) is 31.4 Å². The van der Waals surface area contributed by atoms with Gasteiger partial charge in [0.1, 0.15) is 0 Å². The van der Waals surface area contributed by atoms with Gasteiger partial charge < -0.3 is 10.6 Å². The third-order valence-electron chi connectivity index (χ3n) is 3.45. The molecule has 1 rings (SSSR count). The molecule has 0 aliphatic rings. The van der Waals surface area contributed by atoms with Crippen molar-refractivity contribution in [3.05, 3.63) is 30.1 Å². The summed E-state index contributed by atoms with van der Waals surface area (Å²) in [5.74, 6) is 1.51. The van der Waals surface area contributed by atoms with Crippen LogP contribution in [0.4, 0.5) is 0 Å². The molecule has 0 spiro atoms. The lowest BCUT2D eigenvalue weighted by molar-refractivity contribution is 0.451. The molecule has 106 valence electrons. The van der Waals surface area contributed by atoms with Crippen molar-refractivity contribution >= 4 is 5.96 Å². The summed E-state index contributed by atoms with van der Waals surface area (Å²) in [6.07, 6.45) is 3.72. The Morgan fingerprint density at radius 1 is 1.37 bits per heavy atom. The molecule has 0 amide bonds. The summed E-state index contributed by atoms with van der Waals surface area (Å²) >= 11 is 0. The minimum Gasteiger partial charge on any atom is -0.370 e. The molecular weight excluding hydrogens is 236 g/mol. The van der Waals surface area contributed by atoms with Crippen LogP contribution < -0.4 is 5.73 Å². The SMILES string of the molecule is CCN(CC)C(N)=NCC(c1cccnc1)C(C)C. The second kappa shape index (κ2) is 7.77. The van der Waals surface area contributed by atoms with Gasteiger partial charge >= 0.3 is 0 Å². The maximum atomic E-state index is 6.03. The summed E-state index contributed by atoms with van der Waals surface area (Å²) in [4.78, 5) is 10.8. The van der Waals surface area contributed by atoms with E-state index in [1.165, 1.54) is 5.56 Å². The maximum absolute atomic E-state index is 6.03. The quantitative estimate of drug-likeness (QED) is 0.633. The molecule has 0 saturated carbocycles. The van der Waals surface area contributed by atoms with Crippen LogP contribution in [0.1, 0.15) is 39.2 Å². The Morgan fingerprint density at radius 2 is 2.05 bits per heavy atom. The number of nitrogens with two attached hydrogens (primary N) is 1. The van der Waals surface area contributed by atoms with Crippen LogP contribution in [0.2, 0.25) is 0 Å². The van der Waals surface area contributed by atoms with E-state index in [9.17, 15) is 0 Å². The van der Waals surface area contributed by atoms with Crippen LogP contribution in [0.25, 0.3) is 0 Å². The second-order valence-electron chi connectivity index (χ2n) is 5.01. The van der Waals surface area contributed by atoms with E-state index in [-0.39, 0.29) is 0 Å². The maximum Gasteiger partial charge on any atom is 0.191 e. The molecule has 0 saturated heterocycles. The van der Waals surface area contributed by atoms with Gasteiger partial charge in [-0.15, -0.1) is 0 Å². The fraction of sp³-hybridized carbons (Fsp3) is 0.600. The Bertz CT molecular complexity index is 382. The van der Waals surface area contributed by atoms with Gasteiger partial charge in [-0.25, -0.2) is 0 Å². The predicted octanol–water partition coefficient (Wildman–Crippen LogP) is 2.48. The van der Waals surface area contributed by atoms with E-state index in [1.54, 1.807) is 6.20 Å². The van der Waals surface area contributed by atoms with Crippen molar-refractivity contribution in [2.24, 2.45) is 16.6 Å². The number of hydrogen-bond donors (Lipinski definition) is 1. The zero-order chi connectivity index (χ0) is 14.3. The number of pyridine rings is 1. The second-order valence-corrected chi connectivity index (χ2v) is 5.01. The van der Waals surface area contributed by atoms with Crippen molar-refractivity contribution in [2.45, 2.75) is 33.6 Å². The van der Waals surface area contributed by atoms with Crippen LogP contribution in [0, 0.1) is 5.92 Å². The Hall–Kier alpha value is -1.58. The Labute approximate surface area is 116 Å². The molecule has 4 heteroatoms. The molecule has 1 aromatic heterocycles. The number of rotatable bonds is 6. The lowest BCUT2D eigenvalue weighted by Crippen LogP contribution is -2.37. The van der Waals surface area contributed by atoms with E-state index in [4.69, 9.17) is 5.73 Å². The summed E-state index contributed by atoms with van der Waals surface area (Å²) in [6, 6.07) is 4.09. The number of guanidine groups is 1. The van der Waals surface area contributed by atoms with Crippen LogP contribution in [-0.2, 0) is 0 Å². The van der Waals surface area contributed by atoms with E-state index in [0.717, 1.165) is 13.1 Å². The first-order valence-corrected chi connectivity index (χ1v) is 7.04. The number of aromatic nitrogens is 1. The number of aliphatic imine (C=N–C) groups is 1. The highest BCUT2D eigenvalue weighted by Gasteiger charge is 2.16. The smallest absolute Gasteiger partial charge is 0.191 e. The first-order chi connectivity index (χ1) is 9.10. The molecule has 0 aliphatic carbocycles. The monoisotopic (exact) mass is 262 g/mol. The van der Waals surface area contributed by atoms with Crippen LogP contribution in [0.15, 0.2) is 29.5 Å². The molecule has 0 fully saturated rings. The van der Waals surface area contributed by atoms with E-state index < -0.39 is 0 Å².